The fraction of sp³-hybridized carbons (Fsp3) is 0.571. The largest absolute Gasteiger partial charge is 0.360 e. The predicted molar refractivity (Wildman–Crippen MR) is 101 cm³/mol. The normalized spacial score (nSPS) is 20.0. The Morgan fingerprint density at radius 2 is 1.67 bits per heavy atom. The van der Waals surface area contributed by atoms with Crippen LogP contribution in [-0.2, 0) is 12.8 Å². The molecule has 3 nitrogen and oxygen atoms in total. The molecule has 2 aliphatic carbocycles. The van der Waals surface area contributed by atoms with Gasteiger partial charge in [-0.2, -0.15) is 0 Å². The molecule has 1 saturated carbocycles. The van der Waals surface area contributed by atoms with E-state index in [1.54, 1.807) is 0 Å². The lowest BCUT2D eigenvalue weighted by molar-refractivity contribution is 0.456. The first-order chi connectivity index (χ1) is 11.9. The average molecular weight is 323 g/mol. The average Bonchev–Trinajstić information content (AvgIpc) is 3.21. The highest BCUT2D eigenvalue weighted by Gasteiger charge is 2.21. The Morgan fingerprint density at radius 3 is 2.42 bits per heavy atom. The van der Waals surface area contributed by atoms with Crippen LogP contribution in [0.4, 0.5) is 0 Å². The van der Waals surface area contributed by atoms with Crippen molar-refractivity contribution < 1.29 is 0 Å². The van der Waals surface area contributed by atoms with Gasteiger partial charge in [0.25, 0.3) is 0 Å². The van der Waals surface area contributed by atoms with E-state index in [0.29, 0.717) is 6.04 Å². The van der Waals surface area contributed by atoms with Crippen molar-refractivity contribution in [2.45, 2.75) is 76.7 Å². The van der Waals surface area contributed by atoms with Crippen LogP contribution >= 0.6 is 0 Å². The van der Waals surface area contributed by atoms with E-state index >= 15 is 0 Å². The second-order valence-electron chi connectivity index (χ2n) is 7.44. The summed E-state index contributed by atoms with van der Waals surface area (Å²) in [6, 6.07) is 4.77. The van der Waals surface area contributed by atoms with Gasteiger partial charge < -0.3 is 9.97 Å². The summed E-state index contributed by atoms with van der Waals surface area (Å²) in [6.45, 7) is 0. The van der Waals surface area contributed by atoms with Crippen LogP contribution < -0.4 is 0 Å². The van der Waals surface area contributed by atoms with Crippen LogP contribution in [0.25, 0.3) is 11.4 Å². The maximum Gasteiger partial charge on any atom is 0.0659 e. The highest BCUT2D eigenvalue weighted by atomic mass is 14.8. The van der Waals surface area contributed by atoms with Crippen LogP contribution in [0, 0.1) is 0 Å². The zero-order valence-electron chi connectivity index (χ0n) is 14.6. The number of aromatic nitrogens is 2. The zero-order chi connectivity index (χ0) is 16.2. The third-order valence-electron chi connectivity index (χ3n) is 5.71. The summed E-state index contributed by atoms with van der Waals surface area (Å²) < 4.78 is 0. The standard InChI is InChI=1S/C21H29N3/c1-2-4-9-16(10-5-3-1)23-15-20-17-11-6-7-12-18(17)21(24-20)19-13-8-14-22-19/h8,13-16,22,24H,1-7,9-12H2. The van der Waals surface area contributed by atoms with E-state index in [9.17, 15) is 0 Å². The third kappa shape index (κ3) is 3.35. The van der Waals surface area contributed by atoms with E-state index in [1.165, 1.54) is 98.8 Å². The van der Waals surface area contributed by atoms with Gasteiger partial charge in [0.05, 0.1) is 23.1 Å². The summed E-state index contributed by atoms with van der Waals surface area (Å²) in [5.41, 5.74) is 6.78. The van der Waals surface area contributed by atoms with E-state index in [1.807, 2.05) is 6.20 Å². The summed E-state index contributed by atoms with van der Waals surface area (Å²) in [5.74, 6) is 0. The second kappa shape index (κ2) is 7.42. The summed E-state index contributed by atoms with van der Waals surface area (Å²) in [6.07, 6.45) is 18.6. The highest BCUT2D eigenvalue weighted by molar-refractivity contribution is 5.83. The van der Waals surface area contributed by atoms with Crippen LogP contribution in [0.5, 0.6) is 0 Å². The van der Waals surface area contributed by atoms with Crippen molar-refractivity contribution in [1.82, 2.24) is 9.97 Å². The molecule has 0 spiro atoms. The Morgan fingerprint density at radius 1 is 0.917 bits per heavy atom. The highest BCUT2D eigenvalue weighted by Crippen LogP contribution is 2.32. The van der Waals surface area contributed by atoms with Crippen LogP contribution in [0.3, 0.4) is 0 Å². The molecule has 3 heteroatoms. The molecule has 2 aliphatic rings. The number of fused-ring (bicyclic) bond motifs is 1. The van der Waals surface area contributed by atoms with Crippen LogP contribution in [0.15, 0.2) is 23.3 Å². The first kappa shape index (κ1) is 15.7. The molecule has 2 aromatic heterocycles. The third-order valence-corrected chi connectivity index (χ3v) is 5.71. The van der Waals surface area contributed by atoms with Crippen molar-refractivity contribution >= 4 is 6.21 Å². The summed E-state index contributed by atoms with van der Waals surface area (Å²) >= 11 is 0. The van der Waals surface area contributed by atoms with E-state index in [4.69, 9.17) is 4.99 Å². The van der Waals surface area contributed by atoms with Crippen molar-refractivity contribution in [3.63, 3.8) is 0 Å². The number of nitrogens with zero attached hydrogens (tertiary/aromatic N) is 1. The Balaban J connectivity index is 1.59. The summed E-state index contributed by atoms with van der Waals surface area (Å²) in [5, 5.41) is 0. The van der Waals surface area contributed by atoms with Gasteiger partial charge >= 0.3 is 0 Å². The van der Waals surface area contributed by atoms with Gasteiger partial charge in [-0.1, -0.05) is 32.1 Å². The maximum atomic E-state index is 4.99. The number of aliphatic imine (C=N–C) groups is 1. The van der Waals surface area contributed by atoms with Crippen molar-refractivity contribution in [2.75, 3.05) is 0 Å². The lowest BCUT2D eigenvalue weighted by atomic mass is 9.91. The molecule has 2 N–H and O–H groups in total. The van der Waals surface area contributed by atoms with Crippen LogP contribution in [0.1, 0.15) is 74.6 Å². The number of aromatic amines is 2. The Labute approximate surface area is 145 Å². The van der Waals surface area contributed by atoms with Gasteiger partial charge in [-0.15, -0.1) is 0 Å². The number of rotatable bonds is 3. The maximum absolute atomic E-state index is 4.99. The van der Waals surface area contributed by atoms with Crippen molar-refractivity contribution in [2.24, 2.45) is 4.99 Å². The molecule has 0 saturated heterocycles. The molecule has 0 amide bonds. The van der Waals surface area contributed by atoms with Crippen molar-refractivity contribution in [1.29, 1.82) is 0 Å². The fourth-order valence-electron chi connectivity index (χ4n) is 4.35. The molecule has 4 rings (SSSR count). The predicted octanol–water partition coefficient (Wildman–Crippen LogP) is 5.42. The van der Waals surface area contributed by atoms with Crippen molar-refractivity contribution in [3.05, 3.63) is 35.2 Å². The van der Waals surface area contributed by atoms with Crippen molar-refractivity contribution in [3.8, 4) is 11.4 Å². The van der Waals surface area contributed by atoms with Gasteiger partial charge in [0.2, 0.25) is 0 Å². The molecular weight excluding hydrogens is 294 g/mol. The van der Waals surface area contributed by atoms with Crippen LogP contribution in [0.2, 0.25) is 0 Å². The first-order valence-corrected chi connectivity index (χ1v) is 9.82. The molecule has 2 aromatic rings. The summed E-state index contributed by atoms with van der Waals surface area (Å²) in [4.78, 5) is 12.0. The number of hydrogen-bond acceptors (Lipinski definition) is 1. The molecule has 0 aromatic carbocycles. The molecule has 0 bridgehead atoms. The Bertz CT molecular complexity index is 670. The van der Waals surface area contributed by atoms with Gasteiger partial charge in [-0.25, -0.2) is 0 Å². The van der Waals surface area contributed by atoms with Gasteiger partial charge in [0, 0.05) is 12.4 Å². The zero-order valence-corrected chi connectivity index (χ0v) is 14.6. The van der Waals surface area contributed by atoms with E-state index < -0.39 is 0 Å². The van der Waals surface area contributed by atoms with Gasteiger partial charge in [0.15, 0.2) is 0 Å². The van der Waals surface area contributed by atoms with Crippen LogP contribution in [-0.4, -0.2) is 22.2 Å². The molecule has 24 heavy (non-hydrogen) atoms. The molecule has 128 valence electrons. The number of H-pyrrole nitrogens is 2. The molecular formula is C21H29N3. The minimum absolute atomic E-state index is 0.529. The van der Waals surface area contributed by atoms with Gasteiger partial charge in [-0.3, -0.25) is 4.99 Å². The quantitative estimate of drug-likeness (QED) is 0.708. The van der Waals surface area contributed by atoms with E-state index in [0.717, 1.165) is 0 Å². The molecule has 1 fully saturated rings. The molecule has 0 radical (unpaired) electrons. The van der Waals surface area contributed by atoms with E-state index in [-0.39, 0.29) is 0 Å². The fourth-order valence-corrected chi connectivity index (χ4v) is 4.35. The Hall–Kier alpha value is -1.77. The lowest BCUT2D eigenvalue weighted by Gasteiger charge is -2.16. The molecule has 2 heterocycles. The first-order valence-electron chi connectivity index (χ1n) is 9.82. The topological polar surface area (TPSA) is 43.9 Å². The summed E-state index contributed by atoms with van der Waals surface area (Å²) in [7, 11) is 0. The molecule has 0 unspecified atom stereocenters. The Kier molecular flexibility index (Phi) is 4.86. The van der Waals surface area contributed by atoms with E-state index in [2.05, 4.69) is 28.3 Å². The molecule has 0 atom stereocenters. The second-order valence-corrected chi connectivity index (χ2v) is 7.44. The monoisotopic (exact) mass is 323 g/mol. The van der Waals surface area contributed by atoms with Gasteiger partial charge in [0.1, 0.15) is 0 Å². The van der Waals surface area contributed by atoms with Gasteiger partial charge in [-0.05, 0) is 61.8 Å². The lowest BCUT2D eigenvalue weighted by Crippen LogP contribution is -2.08. The SMILES string of the molecule is C(=NC1CCCCCCC1)c1[nH]c(-c2ccc[nH]2)c2c1CCCC2. The molecule has 0 aliphatic heterocycles. The smallest absolute Gasteiger partial charge is 0.0659 e. The number of hydrogen-bond donors (Lipinski definition) is 2. The minimum Gasteiger partial charge on any atom is -0.360 e. The number of nitrogens with one attached hydrogen (secondary N) is 2. The minimum atomic E-state index is 0.529.